The summed E-state index contributed by atoms with van der Waals surface area (Å²) in [7, 11) is 0. The van der Waals surface area contributed by atoms with Gasteiger partial charge in [0.05, 0.1) is 5.39 Å². The second kappa shape index (κ2) is 9.57. The van der Waals surface area contributed by atoms with Crippen molar-refractivity contribution in [2.45, 2.75) is 39.8 Å². The van der Waals surface area contributed by atoms with Gasteiger partial charge in [0.25, 0.3) is 0 Å². The largest absolute Gasteiger partial charge is 0.444 e. The van der Waals surface area contributed by atoms with Crippen LogP contribution in [0.4, 0.5) is 15.0 Å². The van der Waals surface area contributed by atoms with E-state index in [4.69, 9.17) is 15.2 Å². The third kappa shape index (κ3) is 5.65. The molecule has 0 aliphatic carbocycles. The van der Waals surface area contributed by atoms with E-state index in [0.29, 0.717) is 41.1 Å². The Labute approximate surface area is 202 Å². The van der Waals surface area contributed by atoms with Crippen LogP contribution < -0.4 is 15.8 Å². The number of carbonyl (C=O) groups is 1. The molecule has 9 nitrogen and oxygen atoms in total. The Morgan fingerprint density at radius 3 is 2.71 bits per heavy atom. The van der Waals surface area contributed by atoms with Gasteiger partial charge in [-0.15, -0.1) is 0 Å². The van der Waals surface area contributed by atoms with Crippen LogP contribution in [0.3, 0.4) is 0 Å². The summed E-state index contributed by atoms with van der Waals surface area (Å²) in [6, 6.07) is 9.93. The molecule has 0 bridgehead atoms. The smallest absolute Gasteiger partial charge is 0.407 e. The molecule has 0 atom stereocenters. The van der Waals surface area contributed by atoms with Gasteiger partial charge in [0, 0.05) is 36.6 Å². The van der Waals surface area contributed by atoms with Crippen molar-refractivity contribution in [1.29, 1.82) is 0 Å². The number of aromatic nitrogens is 4. The Morgan fingerprint density at radius 2 is 2.00 bits per heavy atom. The van der Waals surface area contributed by atoms with Crippen LogP contribution in [0.15, 0.2) is 48.9 Å². The quantitative estimate of drug-likeness (QED) is 0.407. The molecule has 3 N–H and O–H groups in total. The highest BCUT2D eigenvalue weighted by molar-refractivity contribution is 6.00. The molecule has 3 heterocycles. The number of hydrogen-bond acceptors (Lipinski definition) is 7. The van der Waals surface area contributed by atoms with Crippen LogP contribution in [0.2, 0.25) is 0 Å². The molecule has 4 rings (SSSR count). The van der Waals surface area contributed by atoms with Crippen LogP contribution in [-0.2, 0) is 11.3 Å². The molecule has 0 fully saturated rings. The summed E-state index contributed by atoms with van der Waals surface area (Å²) >= 11 is 0. The van der Waals surface area contributed by atoms with Gasteiger partial charge in [0.15, 0.2) is 11.6 Å². The second-order valence-electron chi connectivity index (χ2n) is 8.99. The number of nitrogen functional groups attached to an aromatic ring is 1. The molecule has 1 amide bonds. The average molecular weight is 479 g/mol. The molecule has 0 saturated carbocycles. The van der Waals surface area contributed by atoms with E-state index in [0.717, 1.165) is 5.69 Å². The minimum Gasteiger partial charge on any atom is -0.444 e. The number of nitrogens with one attached hydrogen (secondary N) is 1. The number of amides is 1. The number of anilines is 1. The van der Waals surface area contributed by atoms with Crippen molar-refractivity contribution in [3.05, 3.63) is 60.4 Å². The number of carbonyl (C=O) groups excluding carboxylic acids is 1. The topological polar surface area (TPSA) is 117 Å². The molecule has 0 aliphatic rings. The monoisotopic (exact) mass is 478 g/mol. The number of aryl methyl sites for hydroxylation is 1. The van der Waals surface area contributed by atoms with Crippen LogP contribution in [0.1, 0.15) is 26.5 Å². The maximum absolute atomic E-state index is 15.0. The zero-order valence-corrected chi connectivity index (χ0v) is 20.0. The van der Waals surface area contributed by atoms with Crippen LogP contribution in [0, 0.1) is 12.7 Å². The van der Waals surface area contributed by atoms with Crippen molar-refractivity contribution in [1.82, 2.24) is 24.8 Å². The molecule has 0 saturated heterocycles. The molecule has 35 heavy (non-hydrogen) atoms. The first-order valence-electron chi connectivity index (χ1n) is 11.1. The van der Waals surface area contributed by atoms with E-state index in [2.05, 4.69) is 20.3 Å². The minimum atomic E-state index is -0.589. The predicted molar refractivity (Wildman–Crippen MR) is 131 cm³/mol. The van der Waals surface area contributed by atoms with Gasteiger partial charge in [-0.25, -0.2) is 24.1 Å². The predicted octanol–water partition coefficient (Wildman–Crippen LogP) is 4.84. The number of rotatable bonds is 6. The SMILES string of the molecule is Cc1cccc(Oc2ccc(-c3cn(CCNC(=O)OC(C)(C)C)c4ncnc(N)c34)cc2F)n1. The number of fused-ring (bicyclic) bond motifs is 1. The first-order chi connectivity index (χ1) is 16.6. The van der Waals surface area contributed by atoms with Crippen molar-refractivity contribution >= 4 is 22.9 Å². The maximum Gasteiger partial charge on any atom is 0.407 e. The highest BCUT2D eigenvalue weighted by Crippen LogP contribution is 2.35. The number of alkyl carbamates (subject to hydrolysis) is 1. The van der Waals surface area contributed by atoms with E-state index in [1.54, 1.807) is 45.0 Å². The fraction of sp³-hybridized carbons (Fsp3) is 0.280. The molecule has 0 aliphatic heterocycles. The lowest BCUT2D eigenvalue weighted by atomic mass is 10.1. The van der Waals surface area contributed by atoms with Crippen molar-refractivity contribution in [3.8, 4) is 22.8 Å². The summed E-state index contributed by atoms with van der Waals surface area (Å²) in [5, 5.41) is 3.32. The Morgan fingerprint density at radius 1 is 1.20 bits per heavy atom. The summed E-state index contributed by atoms with van der Waals surface area (Å²) in [6.45, 7) is 7.92. The third-order valence-electron chi connectivity index (χ3n) is 5.02. The normalized spacial score (nSPS) is 11.5. The average Bonchev–Trinajstić information content (AvgIpc) is 3.14. The highest BCUT2D eigenvalue weighted by Gasteiger charge is 2.18. The van der Waals surface area contributed by atoms with E-state index in [-0.39, 0.29) is 11.6 Å². The lowest BCUT2D eigenvalue weighted by molar-refractivity contribution is 0.0526. The lowest BCUT2D eigenvalue weighted by Gasteiger charge is -2.19. The van der Waals surface area contributed by atoms with Crippen molar-refractivity contribution < 1.29 is 18.7 Å². The second-order valence-corrected chi connectivity index (χ2v) is 8.99. The summed E-state index contributed by atoms with van der Waals surface area (Å²) in [4.78, 5) is 24.7. The summed E-state index contributed by atoms with van der Waals surface area (Å²) in [5.74, 6) is 0.0898. The highest BCUT2D eigenvalue weighted by atomic mass is 19.1. The molecule has 0 radical (unpaired) electrons. The van der Waals surface area contributed by atoms with Crippen LogP contribution in [-0.4, -0.2) is 37.8 Å². The van der Waals surface area contributed by atoms with Crippen LogP contribution in [0.5, 0.6) is 11.6 Å². The summed E-state index contributed by atoms with van der Waals surface area (Å²) in [5.41, 5.74) is 8.15. The van der Waals surface area contributed by atoms with Crippen LogP contribution in [0.25, 0.3) is 22.2 Å². The maximum atomic E-state index is 15.0. The van der Waals surface area contributed by atoms with Gasteiger partial charge in [0.2, 0.25) is 5.88 Å². The molecule has 0 spiro atoms. The number of nitrogens with two attached hydrogens (primary N) is 1. The van der Waals surface area contributed by atoms with Crippen LogP contribution >= 0.6 is 0 Å². The van der Waals surface area contributed by atoms with E-state index >= 15 is 0 Å². The third-order valence-corrected chi connectivity index (χ3v) is 5.02. The van der Waals surface area contributed by atoms with Crippen molar-refractivity contribution in [2.75, 3.05) is 12.3 Å². The molecular weight excluding hydrogens is 451 g/mol. The van der Waals surface area contributed by atoms with Gasteiger partial charge in [-0.2, -0.15) is 0 Å². The number of pyridine rings is 1. The number of benzene rings is 1. The fourth-order valence-electron chi connectivity index (χ4n) is 3.57. The Bertz CT molecular complexity index is 1380. The number of hydrogen-bond donors (Lipinski definition) is 2. The Kier molecular flexibility index (Phi) is 6.54. The summed E-state index contributed by atoms with van der Waals surface area (Å²) in [6.07, 6.45) is 2.67. The standard InChI is InChI=1S/C25H27FN6O3/c1-15-6-5-7-20(31-15)34-19-9-8-16(12-18(19)26)17-13-32(23-21(17)22(27)29-14-30-23)11-10-28-24(33)35-25(2,3)4/h5-9,12-14H,10-11H2,1-4H3,(H,28,33)(H2,27,29,30). The van der Waals surface area contributed by atoms with Gasteiger partial charge < -0.3 is 25.1 Å². The van der Waals surface area contributed by atoms with E-state index in [9.17, 15) is 9.18 Å². The van der Waals surface area contributed by atoms with Gasteiger partial charge >= 0.3 is 6.09 Å². The van der Waals surface area contributed by atoms with Gasteiger partial charge in [-0.1, -0.05) is 12.1 Å². The first kappa shape index (κ1) is 23.9. The fourth-order valence-corrected chi connectivity index (χ4v) is 3.57. The van der Waals surface area contributed by atoms with Crippen molar-refractivity contribution in [2.24, 2.45) is 0 Å². The number of ether oxygens (including phenoxy) is 2. The molecular formula is C25H27FN6O3. The molecule has 1 aromatic carbocycles. The first-order valence-corrected chi connectivity index (χ1v) is 11.1. The van der Waals surface area contributed by atoms with Crippen molar-refractivity contribution in [3.63, 3.8) is 0 Å². The molecule has 10 heteroatoms. The van der Waals surface area contributed by atoms with E-state index < -0.39 is 17.5 Å². The van der Waals surface area contributed by atoms with Gasteiger partial charge in [-0.3, -0.25) is 0 Å². The minimum absolute atomic E-state index is 0.0568. The van der Waals surface area contributed by atoms with E-state index in [1.165, 1.54) is 12.4 Å². The summed E-state index contributed by atoms with van der Waals surface area (Å²) < 4.78 is 27.7. The van der Waals surface area contributed by atoms with Gasteiger partial charge in [-0.05, 0) is 51.5 Å². The molecule has 0 unspecified atom stereocenters. The Balaban J connectivity index is 1.59. The molecule has 3 aromatic heterocycles. The lowest BCUT2D eigenvalue weighted by Crippen LogP contribution is -2.34. The number of halogens is 1. The molecule has 4 aromatic rings. The van der Waals surface area contributed by atoms with E-state index in [1.807, 2.05) is 23.8 Å². The number of nitrogens with zero attached hydrogens (tertiary/aromatic N) is 4. The zero-order chi connectivity index (χ0) is 25.2. The molecule has 182 valence electrons. The van der Waals surface area contributed by atoms with Gasteiger partial charge in [0.1, 0.15) is 23.4 Å². The zero-order valence-electron chi connectivity index (χ0n) is 20.0. The Hall–Kier alpha value is -4.21.